The molecule has 5 N–H and O–H groups in total. The number of hydrogen-bond donors (Lipinski definition) is 5. The van der Waals surface area contributed by atoms with Crippen LogP contribution in [-0.2, 0) is 52.3 Å². The van der Waals surface area contributed by atoms with Crippen LogP contribution in [0.2, 0.25) is 0 Å². The SMILES string of the molecule is CCCCCCCCCCCCCCCCCC(=O)O.CC[C@H]1OC(=O)[C@H](C)C(O[C@H]2C[C@@](C)(OC)[C@@H](O)[C@H](C)O2)[C@H](C)[C@@H](O[C@@H]2O[C@H](C)C[C@H](N(C)C)[C@H]2OC(C)=O)[C@](C)(O)C[C@@H](C)C(=O)[C@H](C)[C@@H](O)[C@]1(C)O. The minimum Gasteiger partial charge on any atom is -0.481 e. The fourth-order valence-electron chi connectivity index (χ4n) is 11.4. The molecule has 17 heteroatoms. The second kappa shape index (κ2) is 32.5. The Bertz CT molecular complexity index is 1640. The highest BCUT2D eigenvalue weighted by Gasteiger charge is 2.54. The van der Waals surface area contributed by atoms with Crippen molar-refractivity contribution in [1.29, 1.82) is 0 Å². The Morgan fingerprint density at radius 1 is 0.730 bits per heavy atom. The van der Waals surface area contributed by atoms with E-state index in [4.69, 9.17) is 38.3 Å². The zero-order valence-corrected chi connectivity index (χ0v) is 48.5. The molecule has 3 saturated heterocycles. The molecular weight excluding hydrogens is 955 g/mol. The topological polar surface area (TPSA) is 237 Å². The monoisotopic (exact) mass is 1060 g/mol. The van der Waals surface area contributed by atoms with E-state index >= 15 is 0 Å². The second-order valence-corrected chi connectivity index (χ2v) is 23.1. The molecule has 3 heterocycles. The first-order valence-electron chi connectivity index (χ1n) is 28.4. The van der Waals surface area contributed by atoms with Gasteiger partial charge in [-0.25, -0.2) is 0 Å². The van der Waals surface area contributed by atoms with Crippen LogP contribution >= 0.6 is 0 Å². The molecule has 0 radical (unpaired) electrons. The molecule has 0 amide bonds. The predicted octanol–water partition coefficient (Wildman–Crippen LogP) is 8.69. The highest BCUT2D eigenvalue weighted by Crippen LogP contribution is 2.41. The molecule has 3 aliphatic rings. The summed E-state index contributed by atoms with van der Waals surface area (Å²) in [6.07, 6.45) is 10.4. The second-order valence-electron chi connectivity index (χ2n) is 23.1. The molecule has 3 rings (SSSR count). The molecule has 0 bridgehead atoms. The summed E-state index contributed by atoms with van der Waals surface area (Å²) in [5.41, 5.74) is -4.92. The number of cyclic esters (lactones) is 1. The lowest BCUT2D eigenvalue weighted by atomic mass is 9.74. The summed E-state index contributed by atoms with van der Waals surface area (Å²) >= 11 is 0. The van der Waals surface area contributed by atoms with Crippen molar-refractivity contribution >= 4 is 23.7 Å². The van der Waals surface area contributed by atoms with Gasteiger partial charge in [-0.1, -0.05) is 125 Å². The van der Waals surface area contributed by atoms with Crippen molar-refractivity contribution in [1.82, 2.24) is 4.90 Å². The number of ether oxygens (including phenoxy) is 7. The number of carbonyl (C=O) groups excluding carboxylic acids is 3. The number of unbranched alkanes of at least 4 members (excludes halogenated alkanes) is 14. The van der Waals surface area contributed by atoms with Crippen molar-refractivity contribution in [2.45, 2.75) is 296 Å². The molecule has 17 nitrogen and oxygen atoms in total. The number of nitrogens with zero attached hydrogens (tertiary/aromatic N) is 1. The number of ketones is 1. The van der Waals surface area contributed by atoms with E-state index in [9.17, 15) is 39.6 Å². The molecule has 74 heavy (non-hydrogen) atoms. The largest absolute Gasteiger partial charge is 0.481 e. The van der Waals surface area contributed by atoms with Gasteiger partial charge in [-0.05, 0) is 81.3 Å². The Balaban J connectivity index is 0.000000788. The van der Waals surface area contributed by atoms with Crippen LogP contribution in [-0.4, -0.2) is 160 Å². The normalized spacial score (nSPS) is 37.6. The first-order chi connectivity index (χ1) is 34.6. The van der Waals surface area contributed by atoms with Crippen LogP contribution in [0.1, 0.15) is 212 Å². The molecule has 18 atom stereocenters. The van der Waals surface area contributed by atoms with Gasteiger partial charge < -0.3 is 63.6 Å². The summed E-state index contributed by atoms with van der Waals surface area (Å²) in [5, 5.41) is 55.0. The Hall–Kier alpha value is -2.32. The van der Waals surface area contributed by atoms with Gasteiger partial charge >= 0.3 is 17.9 Å². The van der Waals surface area contributed by atoms with Crippen LogP contribution in [0.5, 0.6) is 0 Å². The Kier molecular flexibility index (Phi) is 29.8. The number of esters is 2. The van der Waals surface area contributed by atoms with Crippen LogP contribution in [0.25, 0.3) is 0 Å². The number of Topliss-reactive ketones (excluding diaryl/α,β-unsaturated/α-hetero) is 1. The number of likely N-dealkylation sites (N-methyl/N-ethyl adjacent to an activating group) is 1. The van der Waals surface area contributed by atoms with Gasteiger partial charge in [0.05, 0.1) is 53.7 Å². The summed E-state index contributed by atoms with van der Waals surface area (Å²) in [7, 11) is 5.19. The van der Waals surface area contributed by atoms with E-state index in [-0.39, 0.29) is 31.4 Å². The summed E-state index contributed by atoms with van der Waals surface area (Å²) < 4.78 is 43.3. The Morgan fingerprint density at radius 2 is 1.26 bits per heavy atom. The fraction of sp³-hybridized carbons (Fsp3) is 0.930. The van der Waals surface area contributed by atoms with Crippen LogP contribution in [0.15, 0.2) is 0 Å². The van der Waals surface area contributed by atoms with E-state index in [1.54, 1.807) is 41.5 Å². The maximum atomic E-state index is 14.2. The number of carboxylic acids is 1. The number of aliphatic hydroxyl groups excluding tert-OH is 2. The number of methoxy groups -OCH3 is 1. The lowest BCUT2D eigenvalue weighted by molar-refractivity contribution is -0.318. The van der Waals surface area contributed by atoms with Crippen molar-refractivity contribution in [3.63, 3.8) is 0 Å². The molecule has 0 aromatic carbocycles. The minimum atomic E-state index is -2.01. The van der Waals surface area contributed by atoms with Gasteiger partial charge in [0.25, 0.3) is 0 Å². The summed E-state index contributed by atoms with van der Waals surface area (Å²) in [6.45, 7) is 19.8. The van der Waals surface area contributed by atoms with Crippen molar-refractivity contribution in [3.05, 3.63) is 0 Å². The zero-order chi connectivity index (χ0) is 56.1. The lowest BCUT2D eigenvalue weighted by Crippen LogP contribution is -2.61. The van der Waals surface area contributed by atoms with Crippen LogP contribution in [0, 0.1) is 23.7 Å². The first kappa shape index (κ1) is 67.8. The van der Waals surface area contributed by atoms with E-state index in [0.29, 0.717) is 12.8 Å². The molecule has 3 fully saturated rings. The average molecular weight is 1060 g/mol. The number of carbonyl (C=O) groups is 4. The average Bonchev–Trinajstić information content (AvgIpc) is 3.33. The number of carboxylic acid groups (broad SMARTS) is 1. The van der Waals surface area contributed by atoms with Gasteiger partial charge in [-0.3, -0.25) is 19.2 Å². The minimum absolute atomic E-state index is 0.0755. The smallest absolute Gasteiger partial charge is 0.311 e. The van der Waals surface area contributed by atoms with Gasteiger partial charge in [-0.2, -0.15) is 0 Å². The predicted molar refractivity (Wildman–Crippen MR) is 283 cm³/mol. The summed E-state index contributed by atoms with van der Waals surface area (Å²) in [5.74, 6) is -6.33. The van der Waals surface area contributed by atoms with Crippen LogP contribution < -0.4 is 0 Å². The van der Waals surface area contributed by atoms with E-state index in [2.05, 4.69) is 6.92 Å². The highest BCUT2D eigenvalue weighted by molar-refractivity contribution is 5.83. The molecule has 3 aliphatic heterocycles. The maximum absolute atomic E-state index is 14.2. The third-order valence-corrected chi connectivity index (χ3v) is 16.1. The molecule has 0 aromatic rings. The van der Waals surface area contributed by atoms with E-state index in [1.807, 2.05) is 25.9 Å². The fourth-order valence-corrected chi connectivity index (χ4v) is 11.4. The van der Waals surface area contributed by atoms with Gasteiger partial charge in [0.1, 0.15) is 23.6 Å². The van der Waals surface area contributed by atoms with Gasteiger partial charge in [0, 0.05) is 44.6 Å². The molecular formula is C57H105NO16. The molecule has 1 unspecified atom stereocenters. The maximum Gasteiger partial charge on any atom is 0.311 e. The summed E-state index contributed by atoms with van der Waals surface area (Å²) in [4.78, 5) is 52.8. The molecule has 434 valence electrons. The first-order valence-corrected chi connectivity index (χ1v) is 28.4. The van der Waals surface area contributed by atoms with Crippen LogP contribution in [0.4, 0.5) is 0 Å². The number of aliphatic hydroxyl groups is 4. The standard InChI is InChI=1S/C39H69NO14.C18H36O2/c1-15-27-39(11,47)32(43)21(4)29(42)19(2)17-37(9,46)34(54-36-31(51-25(8)41)26(40(12)13)16-20(3)49-36)22(5)30(23(6)35(45)52-27)53-28-18-38(10,48-14)33(44)24(7)50-28;1-2-3-4-5-6-7-8-9-10-11-12-13-14-15-16-17-18(19)20/h19-24,26-28,30-34,36,43-44,46-47H,15-18H2,1-14H3;2-17H2,1H3,(H,19,20)/t19-,20-,21+,22+,23-,24+,26+,27-,28+,30?,31-,32-,33+,34-,36+,37-,38-,39-;/m1./s1. The Morgan fingerprint density at radius 3 is 1.73 bits per heavy atom. The van der Waals surface area contributed by atoms with Crippen molar-refractivity contribution in [3.8, 4) is 0 Å². The molecule has 0 aliphatic carbocycles. The van der Waals surface area contributed by atoms with Crippen molar-refractivity contribution in [2.75, 3.05) is 21.2 Å². The van der Waals surface area contributed by atoms with E-state index < -0.39 is 119 Å². The van der Waals surface area contributed by atoms with Gasteiger partial charge in [0.15, 0.2) is 18.7 Å². The Labute approximate surface area is 445 Å². The number of hydrogen-bond acceptors (Lipinski definition) is 16. The number of aliphatic carboxylic acids is 1. The molecule has 0 saturated carbocycles. The van der Waals surface area contributed by atoms with Crippen LogP contribution in [0.3, 0.4) is 0 Å². The number of rotatable bonds is 24. The van der Waals surface area contributed by atoms with E-state index in [0.717, 1.165) is 12.8 Å². The van der Waals surface area contributed by atoms with E-state index in [1.165, 1.54) is 118 Å². The third-order valence-electron chi connectivity index (χ3n) is 16.1. The zero-order valence-electron chi connectivity index (χ0n) is 48.5. The highest BCUT2D eigenvalue weighted by atomic mass is 16.7. The third kappa shape index (κ3) is 20.8. The van der Waals surface area contributed by atoms with Gasteiger partial charge in [0.2, 0.25) is 0 Å². The molecule has 0 aromatic heterocycles. The quantitative estimate of drug-likeness (QED) is 0.0449. The van der Waals surface area contributed by atoms with Gasteiger partial charge in [-0.15, -0.1) is 0 Å². The van der Waals surface area contributed by atoms with Crippen molar-refractivity contribution in [2.24, 2.45) is 23.7 Å². The van der Waals surface area contributed by atoms with Crippen molar-refractivity contribution < 1.29 is 77.9 Å². The lowest BCUT2D eigenvalue weighted by Gasteiger charge is -2.49. The summed E-state index contributed by atoms with van der Waals surface area (Å²) in [6, 6.07) is -0.320. The molecule has 0 spiro atoms.